The molecule has 336 valence electrons. The molecule has 0 spiro atoms. The van der Waals surface area contributed by atoms with Crippen molar-refractivity contribution in [3.05, 3.63) is 178 Å². The van der Waals surface area contributed by atoms with Gasteiger partial charge in [-0.3, -0.25) is 4.90 Å². The maximum absolute atomic E-state index is 14.4. The lowest BCUT2D eigenvalue weighted by atomic mass is 9.78. The summed E-state index contributed by atoms with van der Waals surface area (Å²) in [6, 6.07) is 43.2. The third-order valence-corrected chi connectivity index (χ3v) is 13.7. The average molecular weight is 871 g/mol. The number of aliphatic hydroxyl groups excluding tert-OH is 1. The Hall–Kier alpha value is -6.22. The van der Waals surface area contributed by atoms with Gasteiger partial charge in [0.2, 0.25) is 0 Å². The minimum atomic E-state index is -0.884. The summed E-state index contributed by atoms with van der Waals surface area (Å²) in [6.45, 7) is 10.0. The average Bonchev–Trinajstić information content (AvgIpc) is 3.73. The standard InChI is InChI=1S/C57H62N2O6/c1-55(2)47-24-14-16-26-49(47)59(50(55)38-45-52(61)51(53(45)62)44(22-12-8-18-36-60)54-56(3,4)46-23-13-15-25-48(46)58-54)35-17-9-19-37-65-57(39-20-10-7-11-21-39,40-27-31-42(63-5)32-28-40)41-29-33-43(64-6)34-30-41/h7,10-11,13-16,20-21,23-34,38,58,60H,8-9,12,17-19,22,35-37H2,1-6H3. The fourth-order valence-corrected chi connectivity index (χ4v) is 10.1. The van der Waals surface area contributed by atoms with Crippen LogP contribution in [0, 0.1) is 0 Å². The number of aliphatic hydroxyl groups is 1. The highest BCUT2D eigenvalue weighted by Crippen LogP contribution is 2.55. The molecule has 2 aliphatic heterocycles. The first-order valence-corrected chi connectivity index (χ1v) is 23.1. The van der Waals surface area contributed by atoms with Crippen LogP contribution >= 0.6 is 0 Å². The van der Waals surface area contributed by atoms with Crippen LogP contribution in [0.1, 0.15) is 112 Å². The first kappa shape index (κ1) is 45.4. The molecule has 0 aliphatic carbocycles. The van der Waals surface area contributed by atoms with Gasteiger partial charge in [-0.15, -0.1) is 0 Å². The maximum atomic E-state index is 14.4. The van der Waals surface area contributed by atoms with Crippen LogP contribution in [0.4, 0.5) is 11.4 Å². The second-order valence-corrected chi connectivity index (χ2v) is 18.4. The Bertz CT molecular complexity index is 2550. The monoisotopic (exact) mass is 870 g/mol. The Morgan fingerprint density at radius 1 is 0.692 bits per heavy atom. The summed E-state index contributed by atoms with van der Waals surface area (Å²) < 4.78 is 18.2. The van der Waals surface area contributed by atoms with E-state index in [-0.39, 0.29) is 23.7 Å². The number of fused-ring (bicyclic) bond motifs is 2. The third kappa shape index (κ3) is 8.46. The highest BCUT2D eigenvalue weighted by Gasteiger charge is 2.46. The summed E-state index contributed by atoms with van der Waals surface area (Å²) >= 11 is 0. The third-order valence-electron chi connectivity index (χ3n) is 13.7. The van der Waals surface area contributed by atoms with Gasteiger partial charge < -0.3 is 34.8 Å². The van der Waals surface area contributed by atoms with Gasteiger partial charge in [0.25, 0.3) is 0 Å². The zero-order valence-electron chi connectivity index (χ0n) is 38.7. The molecular formula is C57H62N2O6. The van der Waals surface area contributed by atoms with Gasteiger partial charge in [-0.1, -0.05) is 97.4 Å². The van der Waals surface area contributed by atoms with Gasteiger partial charge in [-0.2, -0.15) is 0 Å². The number of anilines is 2. The van der Waals surface area contributed by atoms with Gasteiger partial charge in [-0.25, -0.2) is 0 Å². The highest BCUT2D eigenvalue weighted by molar-refractivity contribution is 5.93. The number of para-hydroxylation sites is 2. The van der Waals surface area contributed by atoms with Gasteiger partial charge in [0.05, 0.1) is 48.1 Å². The molecular weight excluding hydrogens is 809 g/mol. The van der Waals surface area contributed by atoms with E-state index in [2.05, 4.69) is 111 Å². The lowest BCUT2D eigenvalue weighted by Crippen LogP contribution is -2.33. The van der Waals surface area contributed by atoms with Crippen molar-refractivity contribution in [3.63, 3.8) is 0 Å². The molecule has 6 aromatic rings. The van der Waals surface area contributed by atoms with Gasteiger partial charge in [-0.05, 0) is 124 Å². The molecule has 8 heteroatoms. The summed E-state index contributed by atoms with van der Waals surface area (Å²) in [6.07, 6.45) is 7.30. The fourth-order valence-electron chi connectivity index (χ4n) is 10.1. The van der Waals surface area contributed by atoms with E-state index in [1.165, 1.54) is 5.56 Å². The van der Waals surface area contributed by atoms with E-state index in [1.807, 2.05) is 60.7 Å². The van der Waals surface area contributed by atoms with Crippen molar-refractivity contribution in [3.8, 4) is 23.0 Å². The summed E-state index contributed by atoms with van der Waals surface area (Å²) in [7, 11) is 3.35. The van der Waals surface area contributed by atoms with Crippen LogP contribution in [-0.2, 0) is 21.2 Å². The molecule has 6 aromatic carbocycles. The minimum Gasteiger partial charge on any atom is -0.820 e. The van der Waals surface area contributed by atoms with E-state index in [4.69, 9.17) is 14.2 Å². The molecule has 0 saturated heterocycles. The maximum Gasteiger partial charge on any atom is 0.154 e. The Labute approximate surface area is 385 Å². The molecule has 0 radical (unpaired) electrons. The van der Waals surface area contributed by atoms with Crippen LogP contribution < -0.4 is 29.9 Å². The van der Waals surface area contributed by atoms with Crippen molar-refractivity contribution in [1.29, 1.82) is 0 Å². The Morgan fingerprint density at radius 3 is 1.89 bits per heavy atom. The van der Waals surface area contributed by atoms with Crippen molar-refractivity contribution in [2.24, 2.45) is 0 Å². The van der Waals surface area contributed by atoms with E-state index in [9.17, 15) is 15.3 Å². The number of unbranched alkanes of at least 4 members (excludes halogenated alkanes) is 4. The minimum absolute atomic E-state index is 0.119. The number of methoxy groups -OCH3 is 2. The number of nitrogens with one attached hydrogen (secondary N) is 1. The van der Waals surface area contributed by atoms with Crippen LogP contribution in [0.15, 0.2) is 139 Å². The molecule has 0 saturated carbocycles. The summed E-state index contributed by atoms with van der Waals surface area (Å²) in [5.74, 6) is 1.16. The summed E-state index contributed by atoms with van der Waals surface area (Å²) in [5, 5.41) is 41.9. The molecule has 0 amide bonds. The number of allylic oxidation sites excluding steroid dienone is 3. The number of hydrogen-bond donors (Lipinski definition) is 2. The fraction of sp³-hybridized carbons (Fsp3) is 0.333. The molecule has 2 heterocycles. The second kappa shape index (κ2) is 19.1. The number of ether oxygens (including phenoxy) is 3. The molecule has 2 N–H and O–H groups in total. The second-order valence-electron chi connectivity index (χ2n) is 18.4. The Morgan fingerprint density at radius 2 is 1.28 bits per heavy atom. The van der Waals surface area contributed by atoms with Crippen molar-refractivity contribution in [2.45, 2.75) is 89.1 Å². The van der Waals surface area contributed by atoms with Crippen LogP contribution in [-0.4, -0.2) is 39.1 Å². The molecule has 8 nitrogen and oxygen atoms in total. The first-order chi connectivity index (χ1) is 31.5. The topological polar surface area (TPSA) is 109 Å². The van der Waals surface area contributed by atoms with Crippen LogP contribution in [0.2, 0.25) is 0 Å². The zero-order chi connectivity index (χ0) is 45.8. The SMILES string of the molecule is COc1ccc(C(OCCCCCN2C(=C[c+]3c([O-])c(C(CCCCCO)=C4Nc5ccccc5C4(C)C)[c+]3[O-])C(C)(C)c3ccccc32)(c2ccccc2)c2ccc(OC)cc2)cc1. The highest BCUT2D eigenvalue weighted by atomic mass is 16.5. The molecule has 8 rings (SSSR count). The first-order valence-electron chi connectivity index (χ1n) is 23.1. The van der Waals surface area contributed by atoms with E-state index >= 15 is 0 Å². The molecule has 0 atom stereocenters. The van der Waals surface area contributed by atoms with Gasteiger partial charge in [0, 0.05) is 37.3 Å². The number of benzene rings is 5. The van der Waals surface area contributed by atoms with Crippen molar-refractivity contribution < 1.29 is 29.5 Å². The van der Waals surface area contributed by atoms with E-state index in [0.717, 1.165) is 101 Å². The number of rotatable bonds is 19. The summed E-state index contributed by atoms with van der Waals surface area (Å²) in [5.41, 5.74) is 8.92. The number of nitrogens with zero attached hydrogens (tertiary/aromatic N) is 1. The van der Waals surface area contributed by atoms with Gasteiger partial charge in [0.15, 0.2) is 5.56 Å². The lowest BCUT2D eigenvalue weighted by Gasteiger charge is -2.36. The van der Waals surface area contributed by atoms with Gasteiger partial charge in [0.1, 0.15) is 34.4 Å². The molecule has 2 aliphatic rings. The van der Waals surface area contributed by atoms with Crippen molar-refractivity contribution >= 4 is 23.0 Å². The van der Waals surface area contributed by atoms with E-state index in [1.54, 1.807) is 14.2 Å². The lowest BCUT2D eigenvalue weighted by molar-refractivity contribution is -0.293. The quantitative estimate of drug-likeness (QED) is 0.0471. The Balaban J connectivity index is 1.05. The molecule has 65 heavy (non-hydrogen) atoms. The molecule has 0 fully saturated rings. The van der Waals surface area contributed by atoms with Crippen molar-refractivity contribution in [1.82, 2.24) is 0 Å². The molecule has 0 bridgehead atoms. The normalized spacial score (nSPS) is 16.4. The zero-order valence-corrected chi connectivity index (χ0v) is 38.7. The van der Waals surface area contributed by atoms with Crippen LogP contribution in [0.25, 0.3) is 11.6 Å². The predicted molar refractivity (Wildman–Crippen MR) is 259 cm³/mol. The van der Waals surface area contributed by atoms with E-state index in [0.29, 0.717) is 25.0 Å². The smallest absolute Gasteiger partial charge is 0.154 e. The van der Waals surface area contributed by atoms with Crippen LogP contribution in [0.3, 0.4) is 0 Å². The van der Waals surface area contributed by atoms with Gasteiger partial charge >= 0.3 is 0 Å². The number of hydrogen-bond acceptors (Lipinski definition) is 8. The summed E-state index contributed by atoms with van der Waals surface area (Å²) in [4.78, 5) is 2.32. The Kier molecular flexibility index (Phi) is 13.3. The molecule has 0 aromatic heterocycles. The molecule has 0 unspecified atom stereocenters. The predicted octanol–water partition coefficient (Wildman–Crippen LogP) is 11.3. The largest absolute Gasteiger partial charge is 0.820 e. The van der Waals surface area contributed by atoms with E-state index < -0.39 is 16.4 Å². The van der Waals surface area contributed by atoms with Crippen molar-refractivity contribution in [2.75, 3.05) is 44.2 Å². The van der Waals surface area contributed by atoms with Crippen LogP contribution in [0.5, 0.6) is 23.0 Å².